The largest absolute Gasteiger partial charge is 0.368 e. The van der Waals surface area contributed by atoms with Crippen LogP contribution in [0.5, 0.6) is 0 Å². The highest BCUT2D eigenvalue weighted by Gasteiger charge is 2.34. The Morgan fingerprint density at radius 1 is 1.28 bits per heavy atom. The smallest absolute Gasteiger partial charge is 0.241 e. The fourth-order valence-electron chi connectivity index (χ4n) is 3.36. The van der Waals surface area contributed by atoms with E-state index in [1.807, 2.05) is 28.9 Å². The number of hydrogen-bond acceptors (Lipinski definition) is 4. The summed E-state index contributed by atoms with van der Waals surface area (Å²) in [5, 5.41) is 5.40. The number of carbonyl (C=O) groups is 2. The van der Waals surface area contributed by atoms with Gasteiger partial charge in [-0.25, -0.2) is 0 Å². The Labute approximate surface area is 147 Å². The quantitative estimate of drug-likeness (QED) is 0.872. The zero-order valence-corrected chi connectivity index (χ0v) is 14.8. The molecule has 0 aliphatic carbocycles. The van der Waals surface area contributed by atoms with Crippen molar-refractivity contribution in [3.63, 3.8) is 0 Å². The van der Waals surface area contributed by atoms with E-state index in [4.69, 9.17) is 5.73 Å². The number of amides is 2. The molecular weight excluding hydrogens is 318 g/mol. The van der Waals surface area contributed by atoms with Crippen molar-refractivity contribution in [1.82, 2.24) is 19.6 Å². The van der Waals surface area contributed by atoms with Crippen molar-refractivity contribution in [2.24, 2.45) is 5.73 Å². The number of primary amides is 1. The van der Waals surface area contributed by atoms with Gasteiger partial charge in [0, 0.05) is 37.5 Å². The van der Waals surface area contributed by atoms with Crippen LogP contribution in [0.2, 0.25) is 0 Å². The predicted octanol–water partition coefficient (Wildman–Crippen LogP) is 0.833. The summed E-state index contributed by atoms with van der Waals surface area (Å²) in [5.74, 6) is -0.491. The molecule has 1 unspecified atom stereocenters. The Hall–Kier alpha value is -2.41. The van der Waals surface area contributed by atoms with E-state index in [1.165, 1.54) is 0 Å². The van der Waals surface area contributed by atoms with E-state index in [2.05, 4.69) is 23.8 Å². The lowest BCUT2D eigenvalue weighted by Crippen LogP contribution is -2.61. The molecule has 1 fully saturated rings. The van der Waals surface area contributed by atoms with Crippen LogP contribution >= 0.6 is 0 Å². The molecule has 2 amide bonds. The van der Waals surface area contributed by atoms with Crippen molar-refractivity contribution in [2.45, 2.75) is 38.9 Å². The van der Waals surface area contributed by atoms with Gasteiger partial charge in [0.15, 0.2) is 0 Å². The summed E-state index contributed by atoms with van der Waals surface area (Å²) in [7, 11) is 0. The molecule has 7 heteroatoms. The molecule has 0 radical (unpaired) electrons. The summed E-state index contributed by atoms with van der Waals surface area (Å²) in [5.41, 5.74) is 6.55. The molecule has 1 aliphatic rings. The van der Waals surface area contributed by atoms with Crippen LogP contribution in [0.25, 0.3) is 10.9 Å². The molecule has 1 aliphatic heterocycles. The van der Waals surface area contributed by atoms with Gasteiger partial charge in [-0.2, -0.15) is 5.10 Å². The maximum absolute atomic E-state index is 12.7. The van der Waals surface area contributed by atoms with Gasteiger partial charge in [0.25, 0.3) is 0 Å². The van der Waals surface area contributed by atoms with Crippen molar-refractivity contribution in [3.8, 4) is 0 Å². The molecule has 3 rings (SSSR count). The number of aromatic nitrogens is 2. The monoisotopic (exact) mass is 343 g/mol. The number of hydrogen-bond donors (Lipinski definition) is 1. The van der Waals surface area contributed by atoms with Crippen LogP contribution in [-0.2, 0) is 16.1 Å². The summed E-state index contributed by atoms with van der Waals surface area (Å²) in [6, 6.07) is 7.67. The Balaban J connectivity index is 1.66. The summed E-state index contributed by atoms with van der Waals surface area (Å²) in [4.78, 5) is 28.3. The first-order chi connectivity index (χ1) is 12.0. The Kier molecular flexibility index (Phi) is 5.03. The van der Waals surface area contributed by atoms with E-state index in [1.54, 1.807) is 11.1 Å². The molecule has 134 valence electrons. The SMILES string of the molecule is CC(C)N1CCN(C(=O)CCn2ncc3ccccc32)C(C(N)=O)C1. The number of rotatable bonds is 5. The molecule has 2 heterocycles. The van der Waals surface area contributed by atoms with Gasteiger partial charge >= 0.3 is 0 Å². The minimum absolute atomic E-state index is 0.0493. The van der Waals surface area contributed by atoms with Crippen molar-refractivity contribution < 1.29 is 9.59 Å². The third-order valence-corrected chi connectivity index (χ3v) is 4.88. The number of benzene rings is 1. The van der Waals surface area contributed by atoms with Crippen LogP contribution in [-0.4, -0.2) is 63.1 Å². The molecule has 1 aromatic carbocycles. The summed E-state index contributed by atoms with van der Waals surface area (Å²) < 4.78 is 1.83. The molecular formula is C18H25N5O2. The zero-order valence-electron chi connectivity index (χ0n) is 14.8. The van der Waals surface area contributed by atoms with Crippen LogP contribution < -0.4 is 5.73 Å². The molecule has 0 spiro atoms. The van der Waals surface area contributed by atoms with Gasteiger partial charge in [0.2, 0.25) is 11.8 Å². The standard InChI is InChI=1S/C18H25N5O2/c1-13(2)21-9-10-22(16(12-21)18(19)25)17(24)7-8-23-15-6-4-3-5-14(15)11-20-23/h3-6,11,13,16H,7-10,12H2,1-2H3,(H2,19,25). The number of nitrogens with zero attached hydrogens (tertiary/aromatic N) is 4. The summed E-state index contributed by atoms with van der Waals surface area (Å²) in [6.07, 6.45) is 2.10. The number of fused-ring (bicyclic) bond motifs is 1. The molecule has 0 bridgehead atoms. The minimum atomic E-state index is -0.557. The lowest BCUT2D eigenvalue weighted by atomic mass is 10.1. The topological polar surface area (TPSA) is 84.5 Å². The van der Waals surface area contributed by atoms with E-state index in [0.29, 0.717) is 32.1 Å². The minimum Gasteiger partial charge on any atom is -0.368 e. The van der Waals surface area contributed by atoms with Gasteiger partial charge in [-0.05, 0) is 19.9 Å². The maximum Gasteiger partial charge on any atom is 0.241 e. The molecule has 1 aromatic heterocycles. The number of nitrogens with two attached hydrogens (primary N) is 1. The highest BCUT2D eigenvalue weighted by Crippen LogP contribution is 2.16. The fraction of sp³-hybridized carbons (Fsp3) is 0.500. The second-order valence-electron chi connectivity index (χ2n) is 6.77. The second-order valence-corrected chi connectivity index (χ2v) is 6.77. The average Bonchev–Trinajstić information content (AvgIpc) is 3.02. The molecule has 0 saturated carbocycles. The number of carbonyl (C=O) groups excluding carboxylic acids is 2. The highest BCUT2D eigenvalue weighted by atomic mass is 16.2. The third-order valence-electron chi connectivity index (χ3n) is 4.88. The third kappa shape index (κ3) is 3.66. The van der Waals surface area contributed by atoms with Crippen LogP contribution in [0, 0.1) is 0 Å². The van der Waals surface area contributed by atoms with E-state index in [9.17, 15) is 9.59 Å². The van der Waals surface area contributed by atoms with Crippen molar-refractivity contribution in [3.05, 3.63) is 30.5 Å². The van der Waals surface area contributed by atoms with Gasteiger partial charge < -0.3 is 10.6 Å². The van der Waals surface area contributed by atoms with E-state index >= 15 is 0 Å². The van der Waals surface area contributed by atoms with Gasteiger partial charge in [-0.15, -0.1) is 0 Å². The molecule has 7 nitrogen and oxygen atoms in total. The molecule has 1 saturated heterocycles. The number of piperazine rings is 1. The number of aryl methyl sites for hydroxylation is 1. The van der Waals surface area contributed by atoms with Gasteiger partial charge in [-0.1, -0.05) is 18.2 Å². The molecule has 2 N–H and O–H groups in total. The maximum atomic E-state index is 12.7. The van der Waals surface area contributed by atoms with Crippen LogP contribution in [0.15, 0.2) is 30.5 Å². The van der Waals surface area contributed by atoms with E-state index < -0.39 is 11.9 Å². The first-order valence-corrected chi connectivity index (χ1v) is 8.70. The highest BCUT2D eigenvalue weighted by molar-refractivity contribution is 5.87. The average molecular weight is 343 g/mol. The summed E-state index contributed by atoms with van der Waals surface area (Å²) >= 11 is 0. The van der Waals surface area contributed by atoms with Crippen molar-refractivity contribution in [1.29, 1.82) is 0 Å². The Bertz CT molecular complexity index is 770. The second kappa shape index (κ2) is 7.23. The van der Waals surface area contributed by atoms with E-state index in [0.717, 1.165) is 17.4 Å². The van der Waals surface area contributed by atoms with Crippen molar-refractivity contribution in [2.75, 3.05) is 19.6 Å². The van der Waals surface area contributed by atoms with Gasteiger partial charge in [0.05, 0.1) is 18.3 Å². The Morgan fingerprint density at radius 2 is 2.04 bits per heavy atom. The lowest BCUT2D eigenvalue weighted by Gasteiger charge is -2.41. The van der Waals surface area contributed by atoms with Crippen LogP contribution in [0.3, 0.4) is 0 Å². The number of para-hydroxylation sites is 1. The lowest BCUT2D eigenvalue weighted by molar-refractivity contribution is -0.143. The zero-order chi connectivity index (χ0) is 18.0. The molecule has 2 aromatic rings. The normalized spacial score (nSPS) is 18.8. The first kappa shape index (κ1) is 17.4. The van der Waals surface area contributed by atoms with Crippen LogP contribution in [0.4, 0.5) is 0 Å². The fourth-order valence-corrected chi connectivity index (χ4v) is 3.36. The van der Waals surface area contributed by atoms with Gasteiger partial charge in [-0.3, -0.25) is 19.2 Å². The Morgan fingerprint density at radius 3 is 2.76 bits per heavy atom. The van der Waals surface area contributed by atoms with E-state index in [-0.39, 0.29) is 5.91 Å². The first-order valence-electron chi connectivity index (χ1n) is 8.70. The summed E-state index contributed by atoms with van der Waals surface area (Å²) in [6.45, 7) is 6.45. The molecule has 1 atom stereocenters. The van der Waals surface area contributed by atoms with Crippen molar-refractivity contribution >= 4 is 22.7 Å². The molecule has 25 heavy (non-hydrogen) atoms. The van der Waals surface area contributed by atoms with Crippen LogP contribution in [0.1, 0.15) is 20.3 Å². The van der Waals surface area contributed by atoms with Gasteiger partial charge in [0.1, 0.15) is 6.04 Å². The predicted molar refractivity (Wildman–Crippen MR) is 95.8 cm³/mol.